The molecule has 0 saturated heterocycles. The van der Waals surface area contributed by atoms with E-state index in [2.05, 4.69) is 33.4 Å². The molecule has 0 aliphatic heterocycles. The monoisotopic (exact) mass is 366 g/mol. The fourth-order valence-electron chi connectivity index (χ4n) is 1.85. The molecule has 4 nitrogen and oxygen atoms in total. The Kier molecular flexibility index (Phi) is 6.22. The minimum Gasteiger partial charge on any atom is -0.312 e. The first-order valence-electron chi connectivity index (χ1n) is 6.48. The minimum atomic E-state index is -0.345. The van der Waals surface area contributed by atoms with E-state index in [0.717, 1.165) is 16.8 Å². The molecule has 0 unspecified atom stereocenters. The minimum absolute atomic E-state index is 0.154. The zero-order chi connectivity index (χ0) is 15.1. The maximum absolute atomic E-state index is 11.0. The van der Waals surface area contributed by atoms with Crippen LogP contribution in [-0.2, 0) is 6.54 Å². The molecule has 0 spiro atoms. The molecule has 2 aromatic rings. The van der Waals surface area contributed by atoms with Gasteiger partial charge in [-0.1, -0.05) is 34.1 Å². The lowest BCUT2D eigenvalue weighted by atomic mass is 10.2. The summed E-state index contributed by atoms with van der Waals surface area (Å²) in [6.45, 7) is 1.29. The molecule has 2 rings (SSSR count). The molecular formula is C15H15BrN2O2S. The molecule has 0 heterocycles. The third-order valence-corrected chi connectivity index (χ3v) is 4.35. The fourth-order valence-corrected chi connectivity index (χ4v) is 3.09. The molecule has 0 atom stereocenters. The first kappa shape index (κ1) is 16.0. The number of nitro benzene ring substituents is 1. The van der Waals surface area contributed by atoms with Gasteiger partial charge in [0.05, 0.1) is 4.92 Å². The number of benzene rings is 2. The van der Waals surface area contributed by atoms with Crippen LogP contribution in [0.5, 0.6) is 0 Å². The smallest absolute Gasteiger partial charge is 0.273 e. The number of halogens is 1. The zero-order valence-electron chi connectivity index (χ0n) is 11.3. The molecule has 6 heteroatoms. The van der Waals surface area contributed by atoms with Crippen molar-refractivity contribution >= 4 is 33.4 Å². The molecule has 2 aromatic carbocycles. The second-order valence-corrected chi connectivity index (χ2v) is 6.45. The van der Waals surface area contributed by atoms with Crippen molar-refractivity contribution in [3.63, 3.8) is 0 Å². The Bertz CT molecular complexity index is 608. The van der Waals surface area contributed by atoms with E-state index < -0.39 is 0 Å². The van der Waals surface area contributed by atoms with Crippen molar-refractivity contribution in [2.75, 3.05) is 12.3 Å². The summed E-state index contributed by atoms with van der Waals surface area (Å²) in [5, 5.41) is 14.2. The number of hydrogen-bond acceptors (Lipinski definition) is 4. The van der Waals surface area contributed by atoms with Gasteiger partial charge in [0, 0.05) is 39.8 Å². The highest BCUT2D eigenvalue weighted by Crippen LogP contribution is 2.23. The molecule has 0 amide bonds. The number of rotatable bonds is 7. The Hall–Kier alpha value is -1.37. The van der Waals surface area contributed by atoms with Crippen molar-refractivity contribution in [1.82, 2.24) is 5.32 Å². The Labute approximate surface area is 136 Å². The van der Waals surface area contributed by atoms with Crippen molar-refractivity contribution in [2.24, 2.45) is 0 Å². The van der Waals surface area contributed by atoms with Crippen LogP contribution in [0, 0.1) is 10.1 Å². The van der Waals surface area contributed by atoms with Gasteiger partial charge in [0.1, 0.15) is 0 Å². The third-order valence-electron chi connectivity index (χ3n) is 2.84. The summed E-state index contributed by atoms with van der Waals surface area (Å²) in [5.41, 5.74) is 0.848. The van der Waals surface area contributed by atoms with E-state index in [4.69, 9.17) is 0 Å². The maximum atomic E-state index is 11.0. The highest BCUT2D eigenvalue weighted by molar-refractivity contribution is 9.10. The van der Waals surface area contributed by atoms with Crippen LogP contribution >= 0.6 is 27.7 Å². The van der Waals surface area contributed by atoms with Crippen molar-refractivity contribution in [1.29, 1.82) is 0 Å². The average Bonchev–Trinajstić information content (AvgIpc) is 2.48. The lowest BCUT2D eigenvalue weighted by Gasteiger charge is -2.06. The van der Waals surface area contributed by atoms with Crippen LogP contribution in [0.15, 0.2) is 57.9 Å². The first-order valence-corrected chi connectivity index (χ1v) is 8.26. The maximum Gasteiger partial charge on any atom is 0.273 e. The van der Waals surface area contributed by atoms with E-state index in [1.807, 2.05) is 18.2 Å². The van der Waals surface area contributed by atoms with E-state index in [-0.39, 0.29) is 10.6 Å². The number of nitrogens with one attached hydrogen (secondary N) is 1. The van der Waals surface area contributed by atoms with E-state index >= 15 is 0 Å². The summed E-state index contributed by atoms with van der Waals surface area (Å²) in [5.74, 6) is 0.922. The summed E-state index contributed by atoms with van der Waals surface area (Å²) in [6, 6.07) is 15.2. The largest absolute Gasteiger partial charge is 0.312 e. The van der Waals surface area contributed by atoms with E-state index in [0.29, 0.717) is 12.1 Å². The van der Waals surface area contributed by atoms with Crippen LogP contribution in [0.2, 0.25) is 0 Å². The quantitative estimate of drug-likeness (QED) is 0.344. The highest BCUT2D eigenvalue weighted by Gasteiger charge is 2.12. The third kappa shape index (κ3) is 5.15. The molecule has 1 N–H and O–H groups in total. The van der Waals surface area contributed by atoms with Crippen molar-refractivity contribution in [2.45, 2.75) is 11.4 Å². The standard InChI is InChI=1S/C15H15BrN2O2S/c16-13-6-7-15(18(19)20)12(10-13)11-17-8-9-21-14-4-2-1-3-5-14/h1-7,10,17H,8-9,11H2. The molecule has 0 aliphatic rings. The molecular weight excluding hydrogens is 352 g/mol. The first-order chi connectivity index (χ1) is 10.2. The molecule has 0 saturated carbocycles. The van der Waals surface area contributed by atoms with Gasteiger partial charge in [-0.15, -0.1) is 11.8 Å². The lowest BCUT2D eigenvalue weighted by molar-refractivity contribution is -0.385. The van der Waals surface area contributed by atoms with Crippen LogP contribution in [-0.4, -0.2) is 17.2 Å². The number of hydrogen-bond donors (Lipinski definition) is 1. The molecule has 0 bridgehead atoms. The number of nitro groups is 1. The topological polar surface area (TPSA) is 55.2 Å². The Balaban J connectivity index is 1.81. The Morgan fingerprint density at radius 1 is 1.19 bits per heavy atom. The van der Waals surface area contributed by atoms with Crippen LogP contribution in [0.4, 0.5) is 5.69 Å². The van der Waals surface area contributed by atoms with Crippen LogP contribution < -0.4 is 5.32 Å². The van der Waals surface area contributed by atoms with E-state index in [1.165, 1.54) is 11.0 Å². The van der Waals surface area contributed by atoms with Gasteiger partial charge in [0.25, 0.3) is 5.69 Å². The second kappa shape index (κ2) is 8.17. The van der Waals surface area contributed by atoms with Crippen LogP contribution in [0.25, 0.3) is 0 Å². The van der Waals surface area contributed by atoms with Gasteiger partial charge in [0.15, 0.2) is 0 Å². The van der Waals surface area contributed by atoms with Gasteiger partial charge in [-0.2, -0.15) is 0 Å². The normalized spacial score (nSPS) is 10.5. The van der Waals surface area contributed by atoms with Crippen LogP contribution in [0.1, 0.15) is 5.56 Å². The Morgan fingerprint density at radius 3 is 2.67 bits per heavy atom. The molecule has 0 fully saturated rings. The molecule has 0 aromatic heterocycles. The predicted molar refractivity (Wildman–Crippen MR) is 89.7 cm³/mol. The van der Waals surface area contributed by atoms with Gasteiger partial charge in [0.2, 0.25) is 0 Å². The summed E-state index contributed by atoms with van der Waals surface area (Å²) in [4.78, 5) is 11.8. The van der Waals surface area contributed by atoms with Crippen molar-refractivity contribution in [3.8, 4) is 0 Å². The van der Waals surface area contributed by atoms with Gasteiger partial charge in [-0.25, -0.2) is 0 Å². The average molecular weight is 367 g/mol. The van der Waals surface area contributed by atoms with E-state index in [1.54, 1.807) is 23.9 Å². The fraction of sp³-hybridized carbons (Fsp3) is 0.200. The Morgan fingerprint density at radius 2 is 1.95 bits per heavy atom. The predicted octanol–water partition coefficient (Wildman–Crippen LogP) is 4.24. The van der Waals surface area contributed by atoms with E-state index in [9.17, 15) is 10.1 Å². The van der Waals surface area contributed by atoms with Gasteiger partial charge >= 0.3 is 0 Å². The SMILES string of the molecule is O=[N+]([O-])c1ccc(Br)cc1CNCCSc1ccccc1. The molecule has 21 heavy (non-hydrogen) atoms. The molecule has 0 aliphatic carbocycles. The summed E-state index contributed by atoms with van der Waals surface area (Å²) in [6.07, 6.45) is 0. The van der Waals surface area contributed by atoms with Crippen molar-refractivity contribution < 1.29 is 4.92 Å². The van der Waals surface area contributed by atoms with Crippen LogP contribution in [0.3, 0.4) is 0 Å². The highest BCUT2D eigenvalue weighted by atomic mass is 79.9. The lowest BCUT2D eigenvalue weighted by Crippen LogP contribution is -2.17. The zero-order valence-corrected chi connectivity index (χ0v) is 13.7. The van der Waals surface area contributed by atoms with Gasteiger partial charge in [-0.3, -0.25) is 10.1 Å². The van der Waals surface area contributed by atoms with Gasteiger partial charge in [-0.05, 0) is 24.3 Å². The molecule has 0 radical (unpaired) electrons. The second-order valence-electron chi connectivity index (χ2n) is 4.37. The summed E-state index contributed by atoms with van der Waals surface area (Å²) < 4.78 is 0.851. The summed E-state index contributed by atoms with van der Waals surface area (Å²) >= 11 is 5.11. The van der Waals surface area contributed by atoms with Crippen molar-refractivity contribution in [3.05, 3.63) is 68.7 Å². The number of nitrogens with zero attached hydrogens (tertiary/aromatic N) is 1. The molecule has 110 valence electrons. The summed E-state index contributed by atoms with van der Waals surface area (Å²) in [7, 11) is 0. The van der Waals surface area contributed by atoms with Gasteiger partial charge < -0.3 is 5.32 Å². The number of thioether (sulfide) groups is 1.